The van der Waals surface area contributed by atoms with Gasteiger partial charge in [-0.15, -0.1) is 11.8 Å². The van der Waals surface area contributed by atoms with Gasteiger partial charge in [0.2, 0.25) is 0 Å². The molecule has 0 aliphatic carbocycles. The van der Waals surface area contributed by atoms with E-state index in [2.05, 4.69) is 20.9 Å². The van der Waals surface area contributed by atoms with Crippen LogP contribution in [0.3, 0.4) is 0 Å². The number of aromatic nitrogens is 1. The molecule has 0 saturated heterocycles. The van der Waals surface area contributed by atoms with Crippen LogP contribution in [-0.4, -0.2) is 21.8 Å². The van der Waals surface area contributed by atoms with E-state index in [-0.39, 0.29) is 16.8 Å². The molecule has 0 bridgehead atoms. The molecule has 5 heteroatoms. The molecule has 0 amide bonds. The van der Waals surface area contributed by atoms with Gasteiger partial charge in [0.1, 0.15) is 0 Å². The van der Waals surface area contributed by atoms with Crippen molar-refractivity contribution in [1.82, 2.24) is 4.98 Å². The van der Waals surface area contributed by atoms with Crippen LogP contribution in [0.5, 0.6) is 0 Å². The van der Waals surface area contributed by atoms with Gasteiger partial charge in [-0.1, -0.05) is 22.0 Å². The molecule has 0 radical (unpaired) electrons. The predicted molar refractivity (Wildman–Crippen MR) is 94.1 cm³/mol. The van der Waals surface area contributed by atoms with E-state index in [1.807, 2.05) is 45.0 Å². The van der Waals surface area contributed by atoms with Gasteiger partial charge in [0.15, 0.2) is 11.6 Å². The number of ketones is 2. The highest BCUT2D eigenvalue weighted by Crippen LogP contribution is 2.29. The molecule has 3 nitrogen and oxygen atoms in total. The molecule has 0 spiro atoms. The number of Topliss-reactive ketones (excluding diaryl/α,β-unsaturated/α-hetero) is 2. The highest BCUT2D eigenvalue weighted by atomic mass is 79.9. The van der Waals surface area contributed by atoms with E-state index in [9.17, 15) is 9.59 Å². The van der Waals surface area contributed by atoms with Gasteiger partial charge in [-0.05, 0) is 51.5 Å². The third-order valence-electron chi connectivity index (χ3n) is 3.51. The number of hydrogen-bond acceptors (Lipinski definition) is 3. The number of hydrogen-bond donors (Lipinski definition) is 1. The van der Waals surface area contributed by atoms with E-state index < -0.39 is 0 Å². The summed E-state index contributed by atoms with van der Waals surface area (Å²) in [4.78, 5) is 28.5. The van der Waals surface area contributed by atoms with E-state index in [0.29, 0.717) is 11.3 Å². The highest BCUT2D eigenvalue weighted by Gasteiger charge is 2.24. The number of nitrogens with one attached hydrogen (secondary N) is 1. The smallest absolute Gasteiger partial charge is 0.192 e. The topological polar surface area (TPSA) is 49.9 Å². The Kier molecular flexibility index (Phi) is 5.29. The zero-order chi connectivity index (χ0) is 16.4. The molecule has 1 unspecified atom stereocenters. The first-order valence-electron chi connectivity index (χ1n) is 6.97. The van der Waals surface area contributed by atoms with Crippen molar-refractivity contribution in [2.75, 3.05) is 0 Å². The first-order valence-corrected chi connectivity index (χ1v) is 8.65. The van der Waals surface area contributed by atoms with Crippen molar-refractivity contribution in [2.24, 2.45) is 0 Å². The number of halogens is 1. The van der Waals surface area contributed by atoms with E-state index in [4.69, 9.17) is 0 Å². The minimum Gasteiger partial charge on any atom is -0.355 e. The fourth-order valence-electron chi connectivity index (χ4n) is 2.53. The van der Waals surface area contributed by atoms with Crippen LogP contribution in [0.25, 0.3) is 0 Å². The quantitative estimate of drug-likeness (QED) is 0.589. The summed E-state index contributed by atoms with van der Waals surface area (Å²) >= 11 is 4.94. The van der Waals surface area contributed by atoms with Crippen molar-refractivity contribution in [2.45, 2.75) is 37.8 Å². The largest absolute Gasteiger partial charge is 0.355 e. The molecular weight excluding hydrogens is 362 g/mol. The van der Waals surface area contributed by atoms with Crippen LogP contribution in [0.15, 0.2) is 33.6 Å². The van der Waals surface area contributed by atoms with Crippen molar-refractivity contribution in [3.8, 4) is 0 Å². The van der Waals surface area contributed by atoms with Crippen LogP contribution in [0.1, 0.15) is 46.0 Å². The highest BCUT2D eigenvalue weighted by molar-refractivity contribution is 9.10. The van der Waals surface area contributed by atoms with Gasteiger partial charge in [-0.3, -0.25) is 9.59 Å². The zero-order valence-corrected chi connectivity index (χ0v) is 15.4. The normalized spacial score (nSPS) is 12.2. The number of H-pyrrole nitrogens is 1. The van der Waals surface area contributed by atoms with Crippen LogP contribution in [0.4, 0.5) is 0 Å². The Morgan fingerprint density at radius 1 is 1.27 bits per heavy atom. The van der Waals surface area contributed by atoms with Crippen LogP contribution in [-0.2, 0) is 0 Å². The summed E-state index contributed by atoms with van der Waals surface area (Å²) < 4.78 is 0.989. The van der Waals surface area contributed by atoms with Crippen molar-refractivity contribution < 1.29 is 9.59 Å². The second-order valence-electron chi connectivity index (χ2n) is 5.26. The third kappa shape index (κ3) is 3.52. The summed E-state index contributed by atoms with van der Waals surface area (Å²) in [6.45, 7) is 7.06. The molecule has 116 valence electrons. The predicted octanol–water partition coefficient (Wildman–Crippen LogP) is 4.96. The Bertz CT molecular complexity index is 736. The van der Waals surface area contributed by atoms with Crippen LogP contribution < -0.4 is 0 Å². The maximum atomic E-state index is 12.7. The summed E-state index contributed by atoms with van der Waals surface area (Å²) in [5.74, 6) is -0.00401. The van der Waals surface area contributed by atoms with Crippen molar-refractivity contribution in [1.29, 1.82) is 0 Å². The van der Waals surface area contributed by atoms with Gasteiger partial charge < -0.3 is 4.98 Å². The second-order valence-corrected chi connectivity index (χ2v) is 7.59. The number of carbonyl (C=O) groups is 2. The second kappa shape index (κ2) is 6.84. The van der Waals surface area contributed by atoms with Crippen molar-refractivity contribution in [3.63, 3.8) is 0 Å². The van der Waals surface area contributed by atoms with E-state index in [1.165, 1.54) is 18.7 Å². The zero-order valence-electron chi connectivity index (χ0n) is 13.0. The minimum atomic E-state index is -0.231. The number of carbonyl (C=O) groups excluding carboxylic acids is 2. The fraction of sp³-hybridized carbons (Fsp3) is 0.294. The lowest BCUT2D eigenvalue weighted by molar-refractivity contribution is 0.0988. The lowest BCUT2D eigenvalue weighted by atomic mass is 10.0. The van der Waals surface area contributed by atoms with Gasteiger partial charge >= 0.3 is 0 Å². The van der Waals surface area contributed by atoms with Crippen LogP contribution >= 0.6 is 27.7 Å². The molecule has 0 aliphatic heterocycles. The Morgan fingerprint density at radius 2 is 1.95 bits per heavy atom. The maximum Gasteiger partial charge on any atom is 0.192 e. The van der Waals surface area contributed by atoms with Crippen molar-refractivity contribution in [3.05, 3.63) is 51.3 Å². The molecular formula is C17H18BrNO2S. The SMILES string of the molecule is CC(=O)c1c(C)[nH]c(C(=O)C(C)Sc2cccc(Br)c2)c1C. The Hall–Kier alpha value is -1.33. The molecule has 2 aromatic rings. The number of benzene rings is 1. The first kappa shape index (κ1) is 17.0. The van der Waals surface area contributed by atoms with Gasteiger partial charge in [-0.2, -0.15) is 0 Å². The minimum absolute atomic E-state index is 0.0121. The lowest BCUT2D eigenvalue weighted by Crippen LogP contribution is -2.15. The monoisotopic (exact) mass is 379 g/mol. The average Bonchev–Trinajstić information content (AvgIpc) is 2.73. The van der Waals surface area contributed by atoms with Crippen molar-refractivity contribution >= 4 is 39.3 Å². The lowest BCUT2D eigenvalue weighted by Gasteiger charge is -2.10. The van der Waals surface area contributed by atoms with Gasteiger partial charge in [0.05, 0.1) is 10.9 Å². The Morgan fingerprint density at radius 3 is 2.50 bits per heavy atom. The Labute approximate surface area is 143 Å². The molecule has 0 saturated carbocycles. The summed E-state index contributed by atoms with van der Waals surface area (Å²) in [5.41, 5.74) is 2.67. The summed E-state index contributed by atoms with van der Waals surface area (Å²) in [6, 6.07) is 7.87. The van der Waals surface area contributed by atoms with Gasteiger partial charge in [0.25, 0.3) is 0 Å². The number of aryl methyl sites for hydroxylation is 1. The average molecular weight is 380 g/mol. The third-order valence-corrected chi connectivity index (χ3v) is 5.10. The van der Waals surface area contributed by atoms with E-state index >= 15 is 0 Å². The maximum absolute atomic E-state index is 12.7. The summed E-state index contributed by atoms with van der Waals surface area (Å²) in [5, 5.41) is -0.231. The van der Waals surface area contributed by atoms with Gasteiger partial charge in [0, 0.05) is 20.6 Å². The molecule has 22 heavy (non-hydrogen) atoms. The first-order chi connectivity index (χ1) is 10.3. The summed E-state index contributed by atoms with van der Waals surface area (Å²) in [7, 11) is 0. The standard InChI is InChI=1S/C17H18BrNO2S/c1-9-15(11(3)20)10(2)19-16(9)17(21)12(4)22-14-7-5-6-13(18)8-14/h5-8,12,19H,1-4H3. The van der Waals surface area contributed by atoms with E-state index in [0.717, 1.165) is 20.6 Å². The molecule has 2 rings (SSSR count). The molecule has 0 aliphatic rings. The van der Waals surface area contributed by atoms with E-state index in [1.54, 1.807) is 0 Å². The molecule has 0 fully saturated rings. The fourth-order valence-corrected chi connectivity index (χ4v) is 4.06. The van der Waals surface area contributed by atoms with Gasteiger partial charge in [-0.25, -0.2) is 0 Å². The Balaban J connectivity index is 2.24. The van der Waals surface area contributed by atoms with Crippen LogP contribution in [0.2, 0.25) is 0 Å². The molecule has 1 heterocycles. The number of thioether (sulfide) groups is 1. The molecule has 1 aromatic carbocycles. The summed E-state index contributed by atoms with van der Waals surface area (Å²) in [6.07, 6.45) is 0. The van der Waals surface area contributed by atoms with Crippen LogP contribution in [0, 0.1) is 13.8 Å². The number of aromatic amines is 1. The molecule has 1 atom stereocenters. The number of rotatable bonds is 5. The molecule has 1 aromatic heterocycles. The molecule has 1 N–H and O–H groups in total.